The van der Waals surface area contributed by atoms with Gasteiger partial charge >= 0.3 is 0 Å². The molecule has 0 radical (unpaired) electrons. The molecule has 1 aliphatic heterocycles. The number of amides is 1. The molecule has 2 atom stereocenters. The quantitative estimate of drug-likeness (QED) is 0.790. The molecule has 0 bridgehead atoms. The molecule has 1 saturated heterocycles. The van der Waals surface area contributed by atoms with Gasteiger partial charge in [-0.25, -0.2) is 0 Å². The molecule has 1 aromatic carbocycles. The summed E-state index contributed by atoms with van der Waals surface area (Å²) in [5.41, 5.74) is 3.22. The number of nitrogens with one attached hydrogen (secondary N) is 2. The Morgan fingerprint density at radius 3 is 2.80 bits per heavy atom. The van der Waals surface area contributed by atoms with Gasteiger partial charge in [-0.3, -0.25) is 4.79 Å². The molecule has 1 aromatic rings. The number of benzene rings is 1. The summed E-state index contributed by atoms with van der Waals surface area (Å²) in [6.07, 6.45) is 5.31. The summed E-state index contributed by atoms with van der Waals surface area (Å²) in [5.74, 6) is 0.0782. The minimum absolute atomic E-state index is 0.0782. The van der Waals surface area contributed by atoms with Gasteiger partial charge in [0.15, 0.2) is 0 Å². The van der Waals surface area contributed by atoms with Gasteiger partial charge in [-0.05, 0) is 43.0 Å². The van der Waals surface area contributed by atoms with Crippen LogP contribution in [0.2, 0.25) is 0 Å². The molecule has 0 spiro atoms. The summed E-state index contributed by atoms with van der Waals surface area (Å²) in [7, 11) is 2.75. The number of rotatable bonds is 6. The molecule has 0 aromatic heterocycles. The lowest BCUT2D eigenvalue weighted by Crippen LogP contribution is -2.47. The zero-order valence-corrected chi connectivity index (χ0v) is 13.0. The summed E-state index contributed by atoms with van der Waals surface area (Å²) in [4.78, 5) is 11.7. The van der Waals surface area contributed by atoms with E-state index in [9.17, 15) is 4.79 Å². The lowest BCUT2D eigenvalue weighted by Gasteiger charge is -2.24. The molecule has 3 nitrogen and oxygen atoms in total. The first-order valence-corrected chi connectivity index (χ1v) is 8.05. The van der Waals surface area contributed by atoms with E-state index in [0.717, 1.165) is 43.2 Å². The van der Waals surface area contributed by atoms with Gasteiger partial charge in [0.25, 0.3) is 0 Å². The summed E-state index contributed by atoms with van der Waals surface area (Å²) < 4.78 is 0. The molecule has 20 heavy (non-hydrogen) atoms. The fourth-order valence-electron chi connectivity index (χ4n) is 2.38. The van der Waals surface area contributed by atoms with Crippen molar-refractivity contribution in [3.63, 3.8) is 0 Å². The van der Waals surface area contributed by atoms with Gasteiger partial charge in [0.05, 0.1) is 0 Å². The molecule has 4 heteroatoms. The average Bonchev–Trinajstić information content (AvgIpc) is 2.48. The Bertz CT molecular complexity index is 470. The van der Waals surface area contributed by atoms with Crippen molar-refractivity contribution >= 4 is 20.8 Å². The van der Waals surface area contributed by atoms with Crippen LogP contribution in [0, 0.1) is 0 Å². The van der Waals surface area contributed by atoms with E-state index in [1.807, 2.05) is 0 Å². The molecule has 0 saturated carbocycles. The third-order valence-corrected chi connectivity index (χ3v) is 4.01. The second-order valence-electron chi connectivity index (χ2n) is 5.20. The SMILES string of the molecule is C=C(NC1CCCNC1=O)c1ccc(CCCP)cc1. The number of hydrogen-bond donors (Lipinski definition) is 2. The first kappa shape index (κ1) is 15.1. The maximum Gasteiger partial charge on any atom is 0.242 e. The summed E-state index contributed by atoms with van der Waals surface area (Å²) in [6.45, 7) is 4.84. The van der Waals surface area contributed by atoms with Crippen molar-refractivity contribution in [2.24, 2.45) is 0 Å². The van der Waals surface area contributed by atoms with Crippen LogP contribution < -0.4 is 10.6 Å². The molecule has 0 aliphatic carbocycles. The lowest BCUT2D eigenvalue weighted by molar-refractivity contribution is -0.124. The van der Waals surface area contributed by atoms with Crippen LogP contribution in [0.5, 0.6) is 0 Å². The van der Waals surface area contributed by atoms with Crippen LogP contribution in [0.3, 0.4) is 0 Å². The Labute approximate surface area is 123 Å². The maximum atomic E-state index is 11.7. The van der Waals surface area contributed by atoms with Crippen molar-refractivity contribution in [1.82, 2.24) is 10.6 Å². The van der Waals surface area contributed by atoms with E-state index in [1.54, 1.807) is 0 Å². The van der Waals surface area contributed by atoms with Gasteiger partial charge < -0.3 is 10.6 Å². The van der Waals surface area contributed by atoms with Gasteiger partial charge in [0.2, 0.25) is 5.91 Å². The maximum absolute atomic E-state index is 11.7. The van der Waals surface area contributed by atoms with Crippen molar-refractivity contribution in [3.8, 4) is 0 Å². The van der Waals surface area contributed by atoms with Gasteiger partial charge in [0.1, 0.15) is 6.04 Å². The lowest BCUT2D eigenvalue weighted by atomic mass is 10.0. The first-order valence-electron chi connectivity index (χ1n) is 7.23. The normalized spacial score (nSPS) is 18.4. The molecular formula is C16H23N2OP. The third-order valence-electron chi connectivity index (χ3n) is 3.61. The highest BCUT2D eigenvalue weighted by molar-refractivity contribution is 7.16. The van der Waals surface area contributed by atoms with Crippen LogP contribution in [-0.2, 0) is 11.2 Å². The molecule has 2 unspecified atom stereocenters. The van der Waals surface area contributed by atoms with E-state index in [0.29, 0.717) is 0 Å². The Morgan fingerprint density at radius 2 is 2.15 bits per heavy atom. The van der Waals surface area contributed by atoms with E-state index >= 15 is 0 Å². The van der Waals surface area contributed by atoms with E-state index in [2.05, 4.69) is 50.7 Å². The second-order valence-corrected chi connectivity index (χ2v) is 5.78. The fourth-order valence-corrected chi connectivity index (χ4v) is 2.59. The highest BCUT2D eigenvalue weighted by atomic mass is 31.0. The molecule has 1 amide bonds. The number of carbonyl (C=O) groups is 1. The van der Waals surface area contributed by atoms with Crippen molar-refractivity contribution in [3.05, 3.63) is 42.0 Å². The van der Waals surface area contributed by atoms with Gasteiger partial charge in [0, 0.05) is 12.2 Å². The molecule has 1 heterocycles. The Hall–Kier alpha value is -1.34. The summed E-state index contributed by atoms with van der Waals surface area (Å²) >= 11 is 0. The monoisotopic (exact) mass is 290 g/mol. The van der Waals surface area contributed by atoms with Crippen molar-refractivity contribution in [2.75, 3.05) is 12.7 Å². The predicted octanol–water partition coefficient (Wildman–Crippen LogP) is 2.33. The minimum Gasteiger partial charge on any atom is -0.374 e. The molecule has 1 fully saturated rings. The zero-order chi connectivity index (χ0) is 14.4. The van der Waals surface area contributed by atoms with Crippen LogP contribution in [0.25, 0.3) is 5.70 Å². The van der Waals surface area contributed by atoms with Crippen LogP contribution in [-0.4, -0.2) is 24.7 Å². The first-order chi connectivity index (χ1) is 9.70. The molecule has 108 valence electrons. The van der Waals surface area contributed by atoms with E-state index < -0.39 is 0 Å². The van der Waals surface area contributed by atoms with Crippen molar-refractivity contribution in [2.45, 2.75) is 31.7 Å². The number of carbonyl (C=O) groups excluding carboxylic acids is 1. The van der Waals surface area contributed by atoms with Gasteiger partial charge in [-0.15, -0.1) is 9.24 Å². The van der Waals surface area contributed by atoms with Gasteiger partial charge in [-0.2, -0.15) is 0 Å². The fraction of sp³-hybridized carbons (Fsp3) is 0.438. The molecular weight excluding hydrogens is 267 g/mol. The Morgan fingerprint density at radius 1 is 1.40 bits per heavy atom. The Balaban J connectivity index is 1.93. The van der Waals surface area contributed by atoms with Crippen LogP contribution >= 0.6 is 9.24 Å². The molecule has 2 N–H and O–H groups in total. The molecule has 1 aliphatic rings. The number of hydrogen-bond acceptors (Lipinski definition) is 2. The zero-order valence-electron chi connectivity index (χ0n) is 11.8. The largest absolute Gasteiger partial charge is 0.374 e. The van der Waals surface area contributed by atoms with Gasteiger partial charge in [-0.1, -0.05) is 30.8 Å². The number of piperidine rings is 1. The van der Waals surface area contributed by atoms with Crippen molar-refractivity contribution in [1.29, 1.82) is 0 Å². The van der Waals surface area contributed by atoms with E-state index in [-0.39, 0.29) is 11.9 Å². The number of aryl methyl sites for hydroxylation is 1. The average molecular weight is 290 g/mol. The third kappa shape index (κ3) is 4.08. The predicted molar refractivity (Wildman–Crippen MR) is 87.5 cm³/mol. The smallest absolute Gasteiger partial charge is 0.242 e. The topological polar surface area (TPSA) is 41.1 Å². The van der Waals surface area contributed by atoms with Crippen LogP contribution in [0.1, 0.15) is 30.4 Å². The van der Waals surface area contributed by atoms with Crippen molar-refractivity contribution < 1.29 is 4.79 Å². The van der Waals surface area contributed by atoms with Crippen LogP contribution in [0.15, 0.2) is 30.8 Å². The second kappa shape index (κ2) is 7.44. The summed E-state index contributed by atoms with van der Waals surface area (Å²) in [5, 5.41) is 6.11. The highest BCUT2D eigenvalue weighted by Gasteiger charge is 2.21. The minimum atomic E-state index is -0.145. The Kier molecular flexibility index (Phi) is 5.60. The molecule has 2 rings (SSSR count). The summed E-state index contributed by atoms with van der Waals surface area (Å²) in [6, 6.07) is 8.29. The van der Waals surface area contributed by atoms with E-state index in [4.69, 9.17) is 0 Å². The van der Waals surface area contributed by atoms with E-state index in [1.165, 1.54) is 12.0 Å². The highest BCUT2D eigenvalue weighted by Crippen LogP contribution is 2.15. The standard InChI is InChI=1S/C16H23N2OP/c1-12(18-15-5-2-10-17-16(15)19)14-8-6-13(7-9-14)4-3-11-20/h6-9,15,18H,1-5,10-11,20H2,(H,17,19). The van der Waals surface area contributed by atoms with Crippen LogP contribution in [0.4, 0.5) is 0 Å².